The number of hydrogen-bond acceptors (Lipinski definition) is 2. The molecule has 0 bridgehead atoms. The van der Waals surface area contributed by atoms with Crippen molar-refractivity contribution in [3.05, 3.63) is 64.1 Å². The van der Waals surface area contributed by atoms with Crippen LogP contribution >= 0.6 is 11.8 Å². The molecule has 1 aliphatic heterocycles. The largest absolute Gasteiger partial charge is 0.320 e. The number of carbonyl (C=O) groups excluding carboxylic acids is 1. The molecule has 1 amide bonds. The summed E-state index contributed by atoms with van der Waals surface area (Å²) in [5.74, 6) is -0.0344. The summed E-state index contributed by atoms with van der Waals surface area (Å²) in [4.78, 5) is 13.9. The number of carbonyl (C=O) groups is 1. The highest BCUT2D eigenvalue weighted by molar-refractivity contribution is 8.04. The van der Waals surface area contributed by atoms with Crippen molar-refractivity contribution in [1.29, 1.82) is 0 Å². The van der Waals surface area contributed by atoms with Gasteiger partial charge >= 0.3 is 0 Å². The Hall–Kier alpha value is -2.00. The van der Waals surface area contributed by atoms with Crippen LogP contribution in [0, 0.1) is 13.8 Å². The maximum Gasteiger partial charge on any atom is 0.262 e. The van der Waals surface area contributed by atoms with Crippen LogP contribution in [0.15, 0.2) is 52.3 Å². The molecule has 0 aliphatic carbocycles. The van der Waals surface area contributed by atoms with Crippen molar-refractivity contribution in [1.82, 2.24) is 0 Å². The first-order valence-corrected chi connectivity index (χ1v) is 7.32. The van der Waals surface area contributed by atoms with Crippen molar-refractivity contribution in [3.8, 4) is 0 Å². The highest BCUT2D eigenvalue weighted by atomic mass is 32.2. The fourth-order valence-electron chi connectivity index (χ4n) is 2.35. The maximum atomic E-state index is 12.1. The number of anilines is 1. The molecule has 0 saturated heterocycles. The summed E-state index contributed by atoms with van der Waals surface area (Å²) < 4.78 is 0. The van der Waals surface area contributed by atoms with Gasteiger partial charge in [-0.1, -0.05) is 53.2 Å². The van der Waals surface area contributed by atoms with Crippen molar-refractivity contribution >= 4 is 29.4 Å². The van der Waals surface area contributed by atoms with Gasteiger partial charge in [0.1, 0.15) is 0 Å². The quantitative estimate of drug-likeness (QED) is 0.785. The zero-order valence-electron chi connectivity index (χ0n) is 11.4. The molecule has 1 aliphatic rings. The van der Waals surface area contributed by atoms with E-state index in [4.69, 9.17) is 0 Å². The summed E-state index contributed by atoms with van der Waals surface area (Å²) in [5, 5.41) is 2.93. The van der Waals surface area contributed by atoms with E-state index in [9.17, 15) is 4.79 Å². The minimum absolute atomic E-state index is 0.0344. The van der Waals surface area contributed by atoms with Gasteiger partial charge in [-0.2, -0.15) is 0 Å². The average molecular weight is 281 g/mol. The molecule has 2 aromatic rings. The van der Waals surface area contributed by atoms with Gasteiger partial charge in [-0.3, -0.25) is 4.79 Å². The van der Waals surface area contributed by atoms with E-state index < -0.39 is 0 Å². The normalized spacial score (nSPS) is 15.9. The third kappa shape index (κ3) is 2.63. The lowest BCUT2D eigenvalue weighted by molar-refractivity contribution is -0.112. The van der Waals surface area contributed by atoms with Crippen LogP contribution in [0.25, 0.3) is 6.08 Å². The van der Waals surface area contributed by atoms with Crippen molar-refractivity contribution in [3.63, 3.8) is 0 Å². The van der Waals surface area contributed by atoms with Crippen molar-refractivity contribution < 1.29 is 4.79 Å². The molecule has 0 spiro atoms. The van der Waals surface area contributed by atoms with E-state index in [1.54, 1.807) is 0 Å². The van der Waals surface area contributed by atoms with Crippen molar-refractivity contribution in [2.45, 2.75) is 18.7 Å². The number of benzene rings is 2. The van der Waals surface area contributed by atoms with Gasteiger partial charge in [-0.05, 0) is 37.6 Å². The Morgan fingerprint density at radius 1 is 1.05 bits per heavy atom. The second-order valence-corrected chi connectivity index (χ2v) is 6.07. The van der Waals surface area contributed by atoms with Gasteiger partial charge in [0.2, 0.25) is 0 Å². The first-order valence-electron chi connectivity index (χ1n) is 6.50. The van der Waals surface area contributed by atoms with Gasteiger partial charge in [-0.15, -0.1) is 0 Å². The predicted molar refractivity (Wildman–Crippen MR) is 84.8 cm³/mol. The first-order chi connectivity index (χ1) is 9.61. The molecule has 0 fully saturated rings. The summed E-state index contributed by atoms with van der Waals surface area (Å²) in [5.41, 5.74) is 4.37. The summed E-state index contributed by atoms with van der Waals surface area (Å²) in [6.07, 6.45) is 1.95. The van der Waals surface area contributed by atoms with Crippen LogP contribution in [0.5, 0.6) is 0 Å². The molecule has 0 saturated carbocycles. The van der Waals surface area contributed by atoms with E-state index in [1.807, 2.05) is 30.3 Å². The van der Waals surface area contributed by atoms with Crippen LogP contribution in [-0.4, -0.2) is 5.91 Å². The van der Waals surface area contributed by atoms with Gasteiger partial charge in [0.05, 0.1) is 10.6 Å². The summed E-state index contributed by atoms with van der Waals surface area (Å²) in [6, 6.07) is 14.2. The molecule has 100 valence electrons. The lowest BCUT2D eigenvalue weighted by atomic mass is 10.1. The van der Waals surface area contributed by atoms with Crippen LogP contribution < -0.4 is 5.32 Å². The number of nitrogens with one attached hydrogen (secondary N) is 1. The number of thioether (sulfide) groups is 1. The zero-order valence-corrected chi connectivity index (χ0v) is 12.3. The van der Waals surface area contributed by atoms with E-state index in [0.717, 1.165) is 21.1 Å². The Morgan fingerprint density at radius 3 is 2.50 bits per heavy atom. The standard InChI is InChI=1S/C17H15NOS/c1-11-7-12(2)9-13(8-11)10-16-17(19)18-14-5-3-4-6-15(14)20-16/h3-10H,1-2H3,(H,18,19)/b16-10-. The van der Waals surface area contributed by atoms with E-state index in [1.165, 1.54) is 22.9 Å². The molecule has 0 aromatic heterocycles. The number of fused-ring (bicyclic) bond motifs is 1. The number of amides is 1. The van der Waals surface area contributed by atoms with Gasteiger partial charge in [-0.25, -0.2) is 0 Å². The molecule has 0 unspecified atom stereocenters. The third-order valence-electron chi connectivity index (χ3n) is 3.12. The van der Waals surface area contributed by atoms with Crippen LogP contribution in [0.2, 0.25) is 0 Å². The van der Waals surface area contributed by atoms with Crippen LogP contribution in [0.1, 0.15) is 16.7 Å². The summed E-state index contributed by atoms with van der Waals surface area (Å²) >= 11 is 1.52. The highest BCUT2D eigenvalue weighted by Crippen LogP contribution is 2.38. The third-order valence-corrected chi connectivity index (χ3v) is 4.22. The van der Waals surface area contributed by atoms with Crippen LogP contribution in [0.4, 0.5) is 5.69 Å². The van der Waals surface area contributed by atoms with Gasteiger partial charge < -0.3 is 5.32 Å². The monoisotopic (exact) mass is 281 g/mol. The lowest BCUT2D eigenvalue weighted by Crippen LogP contribution is -2.17. The van der Waals surface area contributed by atoms with E-state index >= 15 is 0 Å². The van der Waals surface area contributed by atoms with Crippen LogP contribution in [0.3, 0.4) is 0 Å². The number of para-hydroxylation sites is 1. The second kappa shape index (κ2) is 5.17. The zero-order chi connectivity index (χ0) is 14.1. The molecule has 0 atom stereocenters. The number of aryl methyl sites for hydroxylation is 2. The molecule has 0 radical (unpaired) electrons. The Kier molecular flexibility index (Phi) is 3.36. The SMILES string of the molecule is Cc1cc(C)cc(/C=C2\Sc3ccccc3NC2=O)c1. The fourth-order valence-corrected chi connectivity index (χ4v) is 3.30. The molecule has 1 N–H and O–H groups in total. The van der Waals surface area contributed by atoms with E-state index in [-0.39, 0.29) is 5.91 Å². The summed E-state index contributed by atoms with van der Waals surface area (Å²) in [6.45, 7) is 4.14. The fraction of sp³-hybridized carbons (Fsp3) is 0.118. The maximum absolute atomic E-state index is 12.1. The van der Waals surface area contributed by atoms with Crippen molar-refractivity contribution in [2.24, 2.45) is 0 Å². The molecule has 2 aromatic carbocycles. The van der Waals surface area contributed by atoms with E-state index in [0.29, 0.717) is 0 Å². The Labute approximate surface area is 122 Å². The van der Waals surface area contributed by atoms with Crippen molar-refractivity contribution in [2.75, 3.05) is 5.32 Å². The molecule has 1 heterocycles. The minimum atomic E-state index is -0.0344. The molecule has 3 heteroatoms. The molecule has 2 nitrogen and oxygen atoms in total. The Balaban J connectivity index is 1.98. The first kappa shape index (κ1) is 13.0. The molecular weight excluding hydrogens is 266 g/mol. The molecule has 20 heavy (non-hydrogen) atoms. The smallest absolute Gasteiger partial charge is 0.262 e. The molecular formula is C17H15NOS. The van der Waals surface area contributed by atoms with Gasteiger partial charge in [0.25, 0.3) is 5.91 Å². The Morgan fingerprint density at radius 2 is 1.75 bits per heavy atom. The highest BCUT2D eigenvalue weighted by Gasteiger charge is 2.20. The topological polar surface area (TPSA) is 29.1 Å². The molecule has 3 rings (SSSR count). The van der Waals surface area contributed by atoms with Gasteiger partial charge in [0.15, 0.2) is 0 Å². The Bertz CT molecular complexity index is 698. The minimum Gasteiger partial charge on any atom is -0.320 e. The summed E-state index contributed by atoms with van der Waals surface area (Å²) in [7, 11) is 0. The lowest BCUT2D eigenvalue weighted by Gasteiger charge is -2.18. The number of hydrogen-bond donors (Lipinski definition) is 1. The predicted octanol–water partition coefficient (Wildman–Crippen LogP) is 4.39. The van der Waals surface area contributed by atoms with Gasteiger partial charge in [0, 0.05) is 4.90 Å². The van der Waals surface area contributed by atoms with Crippen LogP contribution in [-0.2, 0) is 4.79 Å². The second-order valence-electron chi connectivity index (χ2n) is 4.98. The number of rotatable bonds is 1. The van der Waals surface area contributed by atoms with E-state index in [2.05, 4.69) is 37.4 Å². The average Bonchev–Trinajstić information content (AvgIpc) is 2.38.